The van der Waals surface area contributed by atoms with Crippen LogP contribution in [0.4, 0.5) is 13.2 Å². The number of carbonyl (C=O) groups is 2. The third-order valence-corrected chi connectivity index (χ3v) is 4.58. The first-order valence-electron chi connectivity index (χ1n) is 9.56. The van der Waals surface area contributed by atoms with Gasteiger partial charge in [0.1, 0.15) is 12.4 Å². The van der Waals surface area contributed by atoms with Crippen molar-refractivity contribution < 1.29 is 32.2 Å². The molecule has 3 rings (SSSR count). The fourth-order valence-electron chi connectivity index (χ4n) is 2.88. The first kappa shape index (κ1) is 22.8. The van der Waals surface area contributed by atoms with Crippen LogP contribution in [0.25, 0.3) is 6.08 Å². The Morgan fingerprint density at radius 2 is 1.62 bits per heavy atom. The van der Waals surface area contributed by atoms with Gasteiger partial charge in [-0.25, -0.2) is 4.79 Å². The number of alkyl halides is 3. The quantitative estimate of drug-likeness (QED) is 0.258. The van der Waals surface area contributed by atoms with E-state index in [2.05, 4.69) is 4.74 Å². The lowest BCUT2D eigenvalue weighted by Crippen LogP contribution is -2.06. The molecule has 0 saturated heterocycles. The van der Waals surface area contributed by atoms with Gasteiger partial charge in [-0.15, -0.1) is 0 Å². The minimum Gasteiger partial charge on any atom is -0.488 e. The minimum absolute atomic E-state index is 0.0554. The molecule has 3 aromatic rings. The van der Waals surface area contributed by atoms with Gasteiger partial charge in [0.15, 0.2) is 5.78 Å². The zero-order valence-corrected chi connectivity index (χ0v) is 17.1. The second kappa shape index (κ2) is 9.96. The predicted molar refractivity (Wildman–Crippen MR) is 113 cm³/mol. The van der Waals surface area contributed by atoms with Gasteiger partial charge in [0.05, 0.1) is 18.2 Å². The second-order valence-electron chi connectivity index (χ2n) is 6.79. The van der Waals surface area contributed by atoms with Crippen LogP contribution in [-0.4, -0.2) is 18.9 Å². The summed E-state index contributed by atoms with van der Waals surface area (Å²) in [6, 6.07) is 18.0. The monoisotopic (exact) mass is 440 g/mol. The van der Waals surface area contributed by atoms with Gasteiger partial charge < -0.3 is 9.47 Å². The van der Waals surface area contributed by atoms with E-state index >= 15 is 0 Å². The van der Waals surface area contributed by atoms with Crippen LogP contribution in [0.5, 0.6) is 5.75 Å². The lowest BCUT2D eigenvalue weighted by atomic mass is 10.1. The first-order valence-corrected chi connectivity index (χ1v) is 9.56. The van der Waals surface area contributed by atoms with Crippen molar-refractivity contribution in [3.63, 3.8) is 0 Å². The van der Waals surface area contributed by atoms with Crippen molar-refractivity contribution in [2.45, 2.75) is 12.8 Å². The molecule has 0 N–H and O–H groups in total. The molecule has 0 aromatic heterocycles. The molecule has 0 aliphatic carbocycles. The van der Waals surface area contributed by atoms with E-state index in [1.807, 2.05) is 0 Å². The van der Waals surface area contributed by atoms with Gasteiger partial charge in [0.25, 0.3) is 0 Å². The average molecular weight is 440 g/mol. The van der Waals surface area contributed by atoms with Crippen LogP contribution in [0.3, 0.4) is 0 Å². The number of carbonyl (C=O) groups excluding carboxylic acids is 2. The van der Waals surface area contributed by atoms with Crippen molar-refractivity contribution in [1.29, 1.82) is 0 Å². The number of hydrogen-bond acceptors (Lipinski definition) is 4. The molecule has 0 amide bonds. The number of methoxy groups -OCH3 is 1. The zero-order chi connectivity index (χ0) is 23.1. The molecule has 32 heavy (non-hydrogen) atoms. The Kier molecular flexibility index (Phi) is 7.10. The number of para-hydroxylation sites is 1. The van der Waals surface area contributed by atoms with Gasteiger partial charge in [0.2, 0.25) is 0 Å². The standard InChI is InChI=1S/C25H19F3O4/c1-31-24(30)19-11-9-17(10-12-19)16-32-23-8-3-2-5-18(23)13-14-22(29)20-6-4-7-21(15-20)25(26,27)28/h2-15H,16H2,1H3. The molecule has 0 heterocycles. The molecule has 0 fully saturated rings. The number of hydrogen-bond donors (Lipinski definition) is 0. The summed E-state index contributed by atoms with van der Waals surface area (Å²) >= 11 is 0. The van der Waals surface area contributed by atoms with E-state index in [0.717, 1.165) is 17.7 Å². The summed E-state index contributed by atoms with van der Waals surface area (Å²) in [7, 11) is 1.31. The van der Waals surface area contributed by atoms with Gasteiger partial charge in [-0.3, -0.25) is 4.79 Å². The maximum Gasteiger partial charge on any atom is 0.416 e. The number of allylic oxidation sites excluding steroid dienone is 1. The molecule has 0 bridgehead atoms. The number of esters is 1. The Balaban J connectivity index is 1.71. The van der Waals surface area contributed by atoms with E-state index in [-0.39, 0.29) is 12.2 Å². The molecular formula is C25H19F3O4. The molecule has 164 valence electrons. The highest BCUT2D eigenvalue weighted by molar-refractivity contribution is 6.07. The Labute approximate surface area is 182 Å². The van der Waals surface area contributed by atoms with Gasteiger partial charge >= 0.3 is 12.1 Å². The van der Waals surface area contributed by atoms with Gasteiger partial charge in [-0.05, 0) is 48.0 Å². The van der Waals surface area contributed by atoms with Gasteiger partial charge in [0, 0.05) is 11.1 Å². The Morgan fingerprint density at radius 3 is 2.31 bits per heavy atom. The fourth-order valence-corrected chi connectivity index (χ4v) is 2.88. The van der Waals surface area contributed by atoms with Crippen molar-refractivity contribution in [2.75, 3.05) is 7.11 Å². The van der Waals surface area contributed by atoms with E-state index in [1.165, 1.54) is 31.4 Å². The Hall–Kier alpha value is -3.87. The number of rotatable bonds is 7. The van der Waals surface area contributed by atoms with Crippen LogP contribution < -0.4 is 4.74 Å². The molecule has 0 aliphatic heterocycles. The second-order valence-corrected chi connectivity index (χ2v) is 6.79. The predicted octanol–water partition coefficient (Wildman–Crippen LogP) is 5.97. The maximum atomic E-state index is 12.9. The molecule has 0 radical (unpaired) electrons. The van der Waals surface area contributed by atoms with Crippen molar-refractivity contribution in [3.05, 3.63) is 107 Å². The molecule has 3 aromatic carbocycles. The molecular weight excluding hydrogens is 421 g/mol. The SMILES string of the molecule is COC(=O)c1ccc(COc2ccccc2C=CC(=O)c2cccc(C(F)(F)F)c2)cc1. The molecule has 0 unspecified atom stereocenters. The zero-order valence-electron chi connectivity index (χ0n) is 17.1. The lowest BCUT2D eigenvalue weighted by Gasteiger charge is -2.10. The van der Waals surface area contributed by atoms with Gasteiger partial charge in [-0.1, -0.05) is 42.5 Å². The highest BCUT2D eigenvalue weighted by Crippen LogP contribution is 2.30. The van der Waals surface area contributed by atoms with Crippen LogP contribution in [0.15, 0.2) is 78.9 Å². The largest absolute Gasteiger partial charge is 0.488 e. The van der Waals surface area contributed by atoms with Crippen LogP contribution in [0, 0.1) is 0 Å². The molecule has 0 spiro atoms. The molecule has 7 heteroatoms. The summed E-state index contributed by atoms with van der Waals surface area (Å²) in [5.41, 5.74) is 0.905. The van der Waals surface area contributed by atoms with Crippen molar-refractivity contribution in [2.24, 2.45) is 0 Å². The van der Waals surface area contributed by atoms with Crippen molar-refractivity contribution >= 4 is 17.8 Å². The van der Waals surface area contributed by atoms with Gasteiger partial charge in [-0.2, -0.15) is 13.2 Å². The summed E-state index contributed by atoms with van der Waals surface area (Å²) in [5, 5.41) is 0. The normalized spacial score (nSPS) is 11.4. The Bertz CT molecular complexity index is 1130. The summed E-state index contributed by atoms with van der Waals surface area (Å²) in [6.07, 6.45) is -1.81. The van der Waals surface area contributed by atoms with E-state index in [1.54, 1.807) is 48.5 Å². The maximum absolute atomic E-state index is 12.9. The van der Waals surface area contributed by atoms with Crippen molar-refractivity contribution in [3.8, 4) is 5.75 Å². The highest BCUT2D eigenvalue weighted by Gasteiger charge is 2.30. The topological polar surface area (TPSA) is 52.6 Å². The number of halogens is 3. The first-order chi connectivity index (χ1) is 15.3. The third-order valence-electron chi connectivity index (χ3n) is 4.58. The number of ether oxygens (including phenoxy) is 2. The molecule has 0 atom stereocenters. The molecule has 0 saturated carbocycles. The summed E-state index contributed by atoms with van der Waals surface area (Å²) in [6.45, 7) is 0.216. The van der Waals surface area contributed by atoms with E-state index in [0.29, 0.717) is 16.9 Å². The van der Waals surface area contributed by atoms with E-state index < -0.39 is 23.5 Å². The van der Waals surface area contributed by atoms with E-state index in [4.69, 9.17) is 4.74 Å². The summed E-state index contributed by atoms with van der Waals surface area (Å²) < 4.78 is 49.1. The minimum atomic E-state index is -4.52. The summed E-state index contributed by atoms with van der Waals surface area (Å²) in [5.74, 6) is -0.486. The molecule has 0 aliphatic rings. The number of ketones is 1. The van der Waals surface area contributed by atoms with Crippen LogP contribution in [-0.2, 0) is 17.5 Å². The molecule has 4 nitrogen and oxygen atoms in total. The third kappa shape index (κ3) is 5.85. The van der Waals surface area contributed by atoms with E-state index in [9.17, 15) is 22.8 Å². The average Bonchev–Trinajstić information content (AvgIpc) is 2.81. The lowest BCUT2D eigenvalue weighted by molar-refractivity contribution is -0.137. The number of benzene rings is 3. The van der Waals surface area contributed by atoms with Crippen LogP contribution >= 0.6 is 0 Å². The van der Waals surface area contributed by atoms with Crippen LogP contribution in [0.2, 0.25) is 0 Å². The summed E-state index contributed by atoms with van der Waals surface area (Å²) in [4.78, 5) is 23.9. The Morgan fingerprint density at radius 1 is 0.906 bits per heavy atom. The van der Waals surface area contributed by atoms with Crippen molar-refractivity contribution in [1.82, 2.24) is 0 Å². The smallest absolute Gasteiger partial charge is 0.416 e. The highest BCUT2D eigenvalue weighted by atomic mass is 19.4. The van der Waals surface area contributed by atoms with Crippen LogP contribution in [0.1, 0.15) is 37.4 Å². The fraction of sp³-hybridized carbons (Fsp3) is 0.120.